The third kappa shape index (κ3) is 5.16. The van der Waals surface area contributed by atoms with Gasteiger partial charge in [-0.25, -0.2) is 4.79 Å². The first kappa shape index (κ1) is 15.1. The Hall–Kier alpha value is -0.910. The number of aliphatic hydroxyl groups excluding tert-OH is 1. The number of hydrogen-bond acceptors (Lipinski definition) is 5. The highest BCUT2D eigenvalue weighted by Gasteiger charge is 2.13. The molecule has 1 aliphatic rings. The molecule has 0 aromatic heterocycles. The van der Waals surface area contributed by atoms with E-state index in [-0.39, 0.29) is 12.6 Å². The Balaban J connectivity index is 2.37. The Labute approximate surface area is 109 Å². The van der Waals surface area contributed by atoms with Crippen LogP contribution in [0.1, 0.15) is 13.3 Å². The SMILES string of the molecule is COC(=O)C(C)=CCN1CCCN(CCO)CC1. The minimum absolute atomic E-state index is 0.224. The van der Waals surface area contributed by atoms with Crippen LogP contribution in [0.3, 0.4) is 0 Å². The van der Waals surface area contributed by atoms with Crippen molar-refractivity contribution in [1.29, 1.82) is 0 Å². The van der Waals surface area contributed by atoms with Crippen LogP contribution < -0.4 is 0 Å². The monoisotopic (exact) mass is 256 g/mol. The second kappa shape index (κ2) is 8.24. The van der Waals surface area contributed by atoms with Crippen LogP contribution in [0.25, 0.3) is 0 Å². The first-order valence-corrected chi connectivity index (χ1v) is 6.48. The smallest absolute Gasteiger partial charge is 0.333 e. The zero-order chi connectivity index (χ0) is 13.4. The predicted octanol–water partition coefficient (Wildman–Crippen LogP) is 0.106. The average molecular weight is 256 g/mol. The molecule has 0 amide bonds. The van der Waals surface area contributed by atoms with Gasteiger partial charge in [0.1, 0.15) is 0 Å². The quantitative estimate of drug-likeness (QED) is 0.559. The van der Waals surface area contributed by atoms with Crippen molar-refractivity contribution in [2.75, 3.05) is 53.0 Å². The van der Waals surface area contributed by atoms with Gasteiger partial charge in [0.05, 0.1) is 13.7 Å². The molecule has 0 aromatic rings. The number of ether oxygens (including phenoxy) is 1. The number of carbonyl (C=O) groups is 1. The summed E-state index contributed by atoms with van der Waals surface area (Å²) < 4.78 is 4.66. The van der Waals surface area contributed by atoms with Crippen LogP contribution in [0.5, 0.6) is 0 Å². The summed E-state index contributed by atoms with van der Waals surface area (Å²) in [6.45, 7) is 7.57. The van der Waals surface area contributed by atoms with Crippen molar-refractivity contribution < 1.29 is 14.6 Å². The molecule has 1 N–H and O–H groups in total. The first-order valence-electron chi connectivity index (χ1n) is 6.48. The lowest BCUT2D eigenvalue weighted by Crippen LogP contribution is -2.32. The van der Waals surface area contributed by atoms with Gasteiger partial charge in [-0.15, -0.1) is 0 Å². The van der Waals surface area contributed by atoms with Crippen molar-refractivity contribution in [2.45, 2.75) is 13.3 Å². The zero-order valence-corrected chi connectivity index (χ0v) is 11.4. The van der Waals surface area contributed by atoms with Crippen molar-refractivity contribution in [3.8, 4) is 0 Å². The maximum atomic E-state index is 11.2. The van der Waals surface area contributed by atoms with E-state index >= 15 is 0 Å². The van der Waals surface area contributed by atoms with Gasteiger partial charge in [0.15, 0.2) is 0 Å². The second-order valence-electron chi connectivity index (χ2n) is 4.60. The molecular weight excluding hydrogens is 232 g/mol. The van der Waals surface area contributed by atoms with E-state index < -0.39 is 0 Å². The van der Waals surface area contributed by atoms with Crippen molar-refractivity contribution >= 4 is 5.97 Å². The number of rotatable bonds is 5. The molecule has 5 heteroatoms. The van der Waals surface area contributed by atoms with Crippen LogP contribution in [0, 0.1) is 0 Å². The summed E-state index contributed by atoms with van der Waals surface area (Å²) >= 11 is 0. The summed E-state index contributed by atoms with van der Waals surface area (Å²) in [6.07, 6.45) is 3.03. The Morgan fingerprint density at radius 2 is 1.94 bits per heavy atom. The molecule has 104 valence electrons. The topological polar surface area (TPSA) is 53.0 Å². The first-order chi connectivity index (χ1) is 8.67. The summed E-state index contributed by atoms with van der Waals surface area (Å²) in [7, 11) is 1.40. The third-order valence-corrected chi connectivity index (χ3v) is 3.26. The van der Waals surface area contributed by atoms with Crippen LogP contribution >= 0.6 is 0 Å². The zero-order valence-electron chi connectivity index (χ0n) is 11.4. The fourth-order valence-corrected chi connectivity index (χ4v) is 2.08. The summed E-state index contributed by atoms with van der Waals surface area (Å²) in [5.41, 5.74) is 0.661. The Morgan fingerprint density at radius 1 is 1.28 bits per heavy atom. The summed E-state index contributed by atoms with van der Waals surface area (Å²) in [5, 5.41) is 8.92. The molecule has 5 nitrogen and oxygen atoms in total. The van der Waals surface area contributed by atoms with E-state index in [1.54, 1.807) is 6.92 Å². The van der Waals surface area contributed by atoms with E-state index in [0.717, 1.165) is 45.7 Å². The number of β-amino-alcohol motifs (C(OH)–C–C–N with tert-alkyl or cyclic N) is 1. The molecule has 1 saturated heterocycles. The molecule has 0 saturated carbocycles. The fraction of sp³-hybridized carbons (Fsp3) is 0.769. The molecule has 1 rings (SSSR count). The van der Waals surface area contributed by atoms with Crippen LogP contribution in [0.4, 0.5) is 0 Å². The van der Waals surface area contributed by atoms with Crippen molar-refractivity contribution in [3.05, 3.63) is 11.6 Å². The van der Waals surface area contributed by atoms with Crippen LogP contribution in [0.2, 0.25) is 0 Å². The summed E-state index contributed by atoms with van der Waals surface area (Å²) in [6, 6.07) is 0. The van der Waals surface area contributed by atoms with E-state index in [1.165, 1.54) is 7.11 Å². The molecule has 1 fully saturated rings. The van der Waals surface area contributed by atoms with E-state index in [9.17, 15) is 4.79 Å². The molecule has 0 atom stereocenters. The van der Waals surface area contributed by atoms with Crippen molar-refractivity contribution in [1.82, 2.24) is 9.80 Å². The maximum Gasteiger partial charge on any atom is 0.333 e. The molecular formula is C13H24N2O3. The van der Waals surface area contributed by atoms with Gasteiger partial charge in [0.25, 0.3) is 0 Å². The largest absolute Gasteiger partial charge is 0.466 e. The number of carbonyl (C=O) groups excluding carboxylic acids is 1. The molecule has 0 aliphatic carbocycles. The highest BCUT2D eigenvalue weighted by Crippen LogP contribution is 2.04. The minimum Gasteiger partial charge on any atom is -0.466 e. The Kier molecular flexibility index (Phi) is 6.93. The van der Waals surface area contributed by atoms with Gasteiger partial charge < -0.3 is 9.84 Å². The Morgan fingerprint density at radius 3 is 2.61 bits per heavy atom. The molecule has 1 heterocycles. The lowest BCUT2D eigenvalue weighted by atomic mass is 10.2. The van der Waals surface area contributed by atoms with Gasteiger partial charge in [0.2, 0.25) is 0 Å². The number of esters is 1. The van der Waals surface area contributed by atoms with Gasteiger partial charge >= 0.3 is 5.97 Å². The van der Waals surface area contributed by atoms with Gasteiger partial charge in [0, 0.05) is 31.8 Å². The maximum absolute atomic E-state index is 11.2. The van der Waals surface area contributed by atoms with Crippen molar-refractivity contribution in [2.24, 2.45) is 0 Å². The van der Waals surface area contributed by atoms with Crippen molar-refractivity contribution in [3.63, 3.8) is 0 Å². The van der Waals surface area contributed by atoms with Crippen LogP contribution in [-0.4, -0.2) is 73.9 Å². The van der Waals surface area contributed by atoms with Gasteiger partial charge in [-0.3, -0.25) is 9.80 Å². The summed E-state index contributed by atoms with van der Waals surface area (Å²) in [4.78, 5) is 15.8. The highest BCUT2D eigenvalue weighted by molar-refractivity contribution is 5.87. The van der Waals surface area contributed by atoms with E-state index in [1.807, 2.05) is 6.08 Å². The normalized spacial score (nSPS) is 19.6. The second-order valence-corrected chi connectivity index (χ2v) is 4.60. The van der Waals surface area contributed by atoms with E-state index in [2.05, 4.69) is 14.5 Å². The van der Waals surface area contributed by atoms with Crippen LogP contribution in [0.15, 0.2) is 11.6 Å². The van der Waals surface area contributed by atoms with E-state index in [4.69, 9.17) is 5.11 Å². The fourth-order valence-electron chi connectivity index (χ4n) is 2.08. The molecule has 0 unspecified atom stereocenters. The molecule has 0 radical (unpaired) electrons. The van der Waals surface area contributed by atoms with Gasteiger partial charge in [-0.05, 0) is 26.4 Å². The number of hydrogen-bond donors (Lipinski definition) is 1. The molecule has 0 bridgehead atoms. The molecule has 0 spiro atoms. The van der Waals surface area contributed by atoms with Crippen LogP contribution in [-0.2, 0) is 9.53 Å². The lowest BCUT2D eigenvalue weighted by molar-refractivity contribution is -0.136. The highest BCUT2D eigenvalue weighted by atomic mass is 16.5. The third-order valence-electron chi connectivity index (χ3n) is 3.26. The van der Waals surface area contributed by atoms with Gasteiger partial charge in [-0.2, -0.15) is 0 Å². The number of aliphatic hydroxyl groups is 1. The number of methoxy groups -OCH3 is 1. The summed E-state index contributed by atoms with van der Waals surface area (Å²) in [5.74, 6) is -0.258. The number of nitrogens with zero attached hydrogens (tertiary/aromatic N) is 2. The minimum atomic E-state index is -0.258. The molecule has 18 heavy (non-hydrogen) atoms. The molecule has 0 aromatic carbocycles. The average Bonchev–Trinajstić information content (AvgIpc) is 2.61. The molecule has 1 aliphatic heterocycles. The van der Waals surface area contributed by atoms with Gasteiger partial charge in [-0.1, -0.05) is 6.08 Å². The Bertz CT molecular complexity index is 292. The standard InChI is InChI=1S/C13H24N2O3/c1-12(13(17)18-2)4-7-14-5-3-6-15(9-8-14)10-11-16/h4,16H,3,5-11H2,1-2H3. The van der Waals surface area contributed by atoms with E-state index in [0.29, 0.717) is 5.57 Å². The predicted molar refractivity (Wildman–Crippen MR) is 70.4 cm³/mol. The lowest BCUT2D eigenvalue weighted by Gasteiger charge is -2.20.